The molecule has 0 aliphatic carbocycles. The first-order valence-electron chi connectivity index (χ1n) is 9.08. The SMILES string of the molecule is CCOc1cc(C=NNC(=O)c2ccoc2C)ccc1OCc1cccc(F)c1. The minimum Gasteiger partial charge on any atom is -0.490 e. The summed E-state index contributed by atoms with van der Waals surface area (Å²) >= 11 is 0. The lowest BCUT2D eigenvalue weighted by Crippen LogP contribution is -2.17. The zero-order chi connectivity index (χ0) is 20.6. The molecule has 7 heteroatoms. The van der Waals surface area contributed by atoms with Crippen LogP contribution in [0.2, 0.25) is 0 Å². The Morgan fingerprint density at radius 2 is 2.03 bits per heavy atom. The number of amides is 1. The lowest BCUT2D eigenvalue weighted by Gasteiger charge is -2.12. The highest BCUT2D eigenvalue weighted by molar-refractivity contribution is 5.95. The number of hydrogen-bond acceptors (Lipinski definition) is 5. The number of hydrazone groups is 1. The van der Waals surface area contributed by atoms with Gasteiger partial charge >= 0.3 is 0 Å². The van der Waals surface area contributed by atoms with Crippen LogP contribution >= 0.6 is 0 Å². The number of carbonyl (C=O) groups is 1. The Morgan fingerprint density at radius 3 is 2.76 bits per heavy atom. The molecule has 1 N–H and O–H groups in total. The minimum atomic E-state index is -0.354. The zero-order valence-corrected chi connectivity index (χ0v) is 16.1. The van der Waals surface area contributed by atoms with E-state index in [0.717, 1.165) is 11.1 Å². The maximum absolute atomic E-state index is 13.3. The van der Waals surface area contributed by atoms with Gasteiger partial charge in [0.1, 0.15) is 18.2 Å². The molecule has 0 aliphatic rings. The van der Waals surface area contributed by atoms with Crippen LogP contribution in [-0.2, 0) is 6.61 Å². The van der Waals surface area contributed by atoms with E-state index in [1.54, 1.807) is 43.3 Å². The number of halogens is 1. The number of furan rings is 1. The smallest absolute Gasteiger partial charge is 0.274 e. The van der Waals surface area contributed by atoms with Crippen LogP contribution in [-0.4, -0.2) is 18.7 Å². The van der Waals surface area contributed by atoms with Crippen molar-refractivity contribution in [3.63, 3.8) is 0 Å². The van der Waals surface area contributed by atoms with E-state index in [1.807, 2.05) is 6.92 Å². The van der Waals surface area contributed by atoms with E-state index >= 15 is 0 Å². The average Bonchev–Trinajstić information content (AvgIpc) is 3.13. The maximum atomic E-state index is 13.3. The third-order valence-electron chi connectivity index (χ3n) is 4.03. The van der Waals surface area contributed by atoms with Crippen LogP contribution < -0.4 is 14.9 Å². The van der Waals surface area contributed by atoms with Gasteiger partial charge in [-0.05, 0) is 61.4 Å². The summed E-state index contributed by atoms with van der Waals surface area (Å²) in [7, 11) is 0. The zero-order valence-electron chi connectivity index (χ0n) is 16.1. The summed E-state index contributed by atoms with van der Waals surface area (Å²) in [5.41, 5.74) is 4.32. The normalized spacial score (nSPS) is 10.9. The summed E-state index contributed by atoms with van der Waals surface area (Å²) < 4.78 is 29.8. The number of aryl methyl sites for hydroxylation is 1. The van der Waals surface area contributed by atoms with Gasteiger partial charge in [-0.25, -0.2) is 9.82 Å². The summed E-state index contributed by atoms with van der Waals surface area (Å²) in [4.78, 5) is 12.0. The Kier molecular flexibility index (Phi) is 6.63. The molecule has 0 bridgehead atoms. The van der Waals surface area contributed by atoms with Gasteiger partial charge in [-0.1, -0.05) is 12.1 Å². The summed E-state index contributed by atoms with van der Waals surface area (Å²) in [6, 6.07) is 13.1. The van der Waals surface area contributed by atoms with Crippen LogP contribution in [0.1, 0.15) is 34.2 Å². The molecule has 3 aromatic rings. The van der Waals surface area contributed by atoms with Crippen molar-refractivity contribution in [2.24, 2.45) is 5.10 Å². The van der Waals surface area contributed by atoms with Crippen LogP contribution in [0.5, 0.6) is 11.5 Å². The van der Waals surface area contributed by atoms with Crippen LogP contribution in [0, 0.1) is 12.7 Å². The van der Waals surface area contributed by atoms with Crippen LogP contribution in [0.3, 0.4) is 0 Å². The molecule has 2 aromatic carbocycles. The van der Waals surface area contributed by atoms with Crippen molar-refractivity contribution >= 4 is 12.1 Å². The molecule has 0 unspecified atom stereocenters. The average molecular weight is 396 g/mol. The lowest BCUT2D eigenvalue weighted by molar-refractivity contribution is 0.0953. The van der Waals surface area contributed by atoms with Crippen molar-refractivity contribution in [1.29, 1.82) is 0 Å². The largest absolute Gasteiger partial charge is 0.490 e. The number of ether oxygens (including phenoxy) is 2. The van der Waals surface area contributed by atoms with Gasteiger partial charge < -0.3 is 13.9 Å². The van der Waals surface area contributed by atoms with Crippen LogP contribution in [0.25, 0.3) is 0 Å². The van der Waals surface area contributed by atoms with E-state index in [2.05, 4.69) is 10.5 Å². The van der Waals surface area contributed by atoms with Crippen LogP contribution in [0.4, 0.5) is 4.39 Å². The number of nitrogens with zero attached hydrogens (tertiary/aromatic N) is 1. The fourth-order valence-electron chi connectivity index (χ4n) is 2.63. The molecular weight excluding hydrogens is 375 g/mol. The number of rotatable bonds is 8. The van der Waals surface area contributed by atoms with Gasteiger partial charge in [0.2, 0.25) is 0 Å². The monoisotopic (exact) mass is 396 g/mol. The Labute approximate surface area is 167 Å². The Bertz CT molecular complexity index is 1010. The fourth-order valence-corrected chi connectivity index (χ4v) is 2.63. The highest BCUT2D eigenvalue weighted by Crippen LogP contribution is 2.29. The second-order valence-corrected chi connectivity index (χ2v) is 6.15. The molecule has 0 fully saturated rings. The van der Waals surface area contributed by atoms with Gasteiger partial charge in [0, 0.05) is 0 Å². The van der Waals surface area contributed by atoms with E-state index in [0.29, 0.717) is 29.4 Å². The van der Waals surface area contributed by atoms with E-state index < -0.39 is 0 Å². The third kappa shape index (κ3) is 5.44. The molecule has 0 atom stereocenters. The molecule has 0 saturated carbocycles. The maximum Gasteiger partial charge on any atom is 0.274 e. The number of hydrogen-bond donors (Lipinski definition) is 1. The third-order valence-corrected chi connectivity index (χ3v) is 4.03. The minimum absolute atomic E-state index is 0.214. The molecule has 1 amide bonds. The van der Waals surface area contributed by atoms with E-state index in [4.69, 9.17) is 13.9 Å². The van der Waals surface area contributed by atoms with Gasteiger partial charge in [-0.3, -0.25) is 4.79 Å². The molecular formula is C22H21FN2O4. The molecule has 1 heterocycles. The lowest BCUT2D eigenvalue weighted by atomic mass is 10.2. The van der Waals surface area contributed by atoms with Crippen molar-refractivity contribution in [3.8, 4) is 11.5 Å². The Morgan fingerprint density at radius 1 is 1.17 bits per heavy atom. The molecule has 150 valence electrons. The summed E-state index contributed by atoms with van der Waals surface area (Å²) in [5.74, 6) is 0.926. The highest BCUT2D eigenvalue weighted by atomic mass is 19.1. The molecule has 29 heavy (non-hydrogen) atoms. The molecule has 3 rings (SSSR count). The second kappa shape index (κ2) is 9.54. The van der Waals surface area contributed by atoms with Gasteiger partial charge in [0.15, 0.2) is 11.5 Å². The molecule has 0 radical (unpaired) electrons. The van der Waals surface area contributed by atoms with Gasteiger partial charge in [0.25, 0.3) is 5.91 Å². The van der Waals surface area contributed by atoms with Crippen molar-refractivity contribution in [3.05, 3.63) is 83.1 Å². The van der Waals surface area contributed by atoms with Gasteiger partial charge in [0.05, 0.1) is 24.6 Å². The topological polar surface area (TPSA) is 73.1 Å². The quantitative estimate of drug-likeness (QED) is 0.450. The van der Waals surface area contributed by atoms with E-state index in [9.17, 15) is 9.18 Å². The fraction of sp³-hybridized carbons (Fsp3) is 0.182. The van der Waals surface area contributed by atoms with E-state index in [-0.39, 0.29) is 18.3 Å². The summed E-state index contributed by atoms with van der Waals surface area (Å²) in [5, 5.41) is 3.97. The number of carbonyl (C=O) groups excluding carboxylic acids is 1. The Balaban J connectivity index is 1.66. The first-order chi connectivity index (χ1) is 14.1. The molecule has 0 spiro atoms. The predicted molar refractivity (Wildman–Crippen MR) is 107 cm³/mol. The highest BCUT2D eigenvalue weighted by Gasteiger charge is 2.10. The van der Waals surface area contributed by atoms with Crippen molar-refractivity contribution in [1.82, 2.24) is 5.43 Å². The van der Waals surface area contributed by atoms with Gasteiger partial charge in [-0.15, -0.1) is 0 Å². The molecule has 0 aliphatic heterocycles. The summed E-state index contributed by atoms with van der Waals surface area (Å²) in [6.45, 7) is 4.24. The van der Waals surface area contributed by atoms with E-state index in [1.165, 1.54) is 24.6 Å². The molecule has 0 saturated heterocycles. The van der Waals surface area contributed by atoms with Crippen LogP contribution in [0.15, 0.2) is 64.3 Å². The van der Waals surface area contributed by atoms with Gasteiger partial charge in [-0.2, -0.15) is 5.10 Å². The number of benzene rings is 2. The first kappa shape index (κ1) is 20.1. The summed E-state index contributed by atoms with van der Waals surface area (Å²) in [6.07, 6.45) is 2.96. The predicted octanol–water partition coefficient (Wildman–Crippen LogP) is 4.47. The second-order valence-electron chi connectivity index (χ2n) is 6.15. The number of nitrogens with one attached hydrogen (secondary N) is 1. The van der Waals surface area contributed by atoms with Crippen molar-refractivity contribution in [2.75, 3.05) is 6.61 Å². The van der Waals surface area contributed by atoms with Crippen molar-refractivity contribution in [2.45, 2.75) is 20.5 Å². The molecule has 6 nitrogen and oxygen atoms in total. The first-order valence-corrected chi connectivity index (χ1v) is 9.08. The standard InChI is InChI=1S/C22H21FN2O4/c1-3-27-21-12-16(13-24-25-22(26)19-9-10-28-15(19)2)7-8-20(21)29-14-17-5-4-6-18(23)11-17/h4-13H,3,14H2,1-2H3,(H,25,26). The molecule has 1 aromatic heterocycles. The van der Waals surface area contributed by atoms with Crippen molar-refractivity contribution < 1.29 is 23.1 Å². The Hall–Kier alpha value is -3.61.